The van der Waals surface area contributed by atoms with E-state index < -0.39 is 12.1 Å². The Kier molecular flexibility index (Phi) is 5.43. The van der Waals surface area contributed by atoms with Crippen molar-refractivity contribution < 1.29 is 14.0 Å². The van der Waals surface area contributed by atoms with Crippen LogP contribution < -0.4 is 16.0 Å². The van der Waals surface area contributed by atoms with Gasteiger partial charge in [0, 0.05) is 10.7 Å². The van der Waals surface area contributed by atoms with E-state index in [1.54, 1.807) is 43.3 Å². The zero-order valence-corrected chi connectivity index (χ0v) is 12.7. The van der Waals surface area contributed by atoms with Crippen molar-refractivity contribution in [2.75, 3.05) is 5.32 Å². The highest BCUT2D eigenvalue weighted by Gasteiger charge is 2.15. The van der Waals surface area contributed by atoms with Gasteiger partial charge in [-0.25, -0.2) is 4.79 Å². The smallest absolute Gasteiger partial charge is 0.319 e. The van der Waals surface area contributed by atoms with Gasteiger partial charge in [0.15, 0.2) is 0 Å². The fourth-order valence-corrected chi connectivity index (χ4v) is 1.83. The topological polar surface area (TPSA) is 83.4 Å². The number of benzene rings is 1. The van der Waals surface area contributed by atoms with Gasteiger partial charge in [0.05, 0.1) is 12.8 Å². The minimum absolute atomic E-state index is 0.274. The molecule has 0 radical (unpaired) electrons. The van der Waals surface area contributed by atoms with Gasteiger partial charge in [0.1, 0.15) is 11.8 Å². The summed E-state index contributed by atoms with van der Waals surface area (Å²) in [5, 5.41) is 8.41. The predicted molar refractivity (Wildman–Crippen MR) is 83.6 cm³/mol. The lowest BCUT2D eigenvalue weighted by atomic mass is 10.3. The van der Waals surface area contributed by atoms with Gasteiger partial charge >= 0.3 is 6.03 Å². The van der Waals surface area contributed by atoms with Crippen molar-refractivity contribution in [3.63, 3.8) is 0 Å². The van der Waals surface area contributed by atoms with Gasteiger partial charge in [-0.1, -0.05) is 11.6 Å². The summed E-state index contributed by atoms with van der Waals surface area (Å²) in [7, 11) is 0. The van der Waals surface area contributed by atoms with Crippen LogP contribution in [-0.4, -0.2) is 18.0 Å². The zero-order valence-electron chi connectivity index (χ0n) is 11.9. The maximum Gasteiger partial charge on any atom is 0.319 e. The number of hydrogen-bond donors (Lipinski definition) is 3. The molecule has 2 aromatic rings. The van der Waals surface area contributed by atoms with Crippen LogP contribution in [0.5, 0.6) is 0 Å². The third-order valence-electron chi connectivity index (χ3n) is 2.86. The number of furan rings is 1. The van der Waals surface area contributed by atoms with Crippen molar-refractivity contribution >= 4 is 29.2 Å². The number of carbonyl (C=O) groups is 2. The van der Waals surface area contributed by atoms with Gasteiger partial charge in [-0.3, -0.25) is 4.79 Å². The summed E-state index contributed by atoms with van der Waals surface area (Å²) >= 11 is 5.76. The summed E-state index contributed by atoms with van der Waals surface area (Å²) in [6, 6.07) is 9.01. The van der Waals surface area contributed by atoms with Gasteiger partial charge in [-0.05, 0) is 43.3 Å². The summed E-state index contributed by atoms with van der Waals surface area (Å²) in [5.41, 5.74) is 0.588. The molecule has 116 valence electrons. The molecule has 3 N–H and O–H groups in total. The first kappa shape index (κ1) is 15.9. The first-order valence-corrected chi connectivity index (χ1v) is 7.05. The van der Waals surface area contributed by atoms with Crippen molar-refractivity contribution in [3.8, 4) is 0 Å². The maximum atomic E-state index is 11.9. The zero-order chi connectivity index (χ0) is 15.9. The number of halogens is 1. The standard InChI is InChI=1S/C15H16ClN3O3/c1-10(14(20)17-9-13-3-2-8-22-13)18-15(21)19-12-6-4-11(16)5-7-12/h2-8,10H,9H2,1H3,(H,17,20)(H2,18,19,21)/t10-/m1/s1. The third-order valence-corrected chi connectivity index (χ3v) is 3.11. The number of rotatable bonds is 5. The van der Waals surface area contributed by atoms with E-state index in [1.807, 2.05) is 0 Å². The van der Waals surface area contributed by atoms with Crippen molar-refractivity contribution in [1.29, 1.82) is 0 Å². The Hall–Kier alpha value is -2.47. The van der Waals surface area contributed by atoms with Crippen LogP contribution in [0.3, 0.4) is 0 Å². The lowest BCUT2D eigenvalue weighted by Crippen LogP contribution is -2.46. The van der Waals surface area contributed by atoms with E-state index in [0.717, 1.165) is 0 Å². The van der Waals surface area contributed by atoms with Crippen LogP contribution in [0.15, 0.2) is 47.1 Å². The molecule has 0 spiro atoms. The molecular weight excluding hydrogens is 306 g/mol. The molecule has 0 aliphatic carbocycles. The third kappa shape index (κ3) is 4.82. The molecule has 0 unspecified atom stereocenters. The maximum absolute atomic E-state index is 11.9. The molecule has 2 rings (SSSR count). The van der Waals surface area contributed by atoms with Crippen LogP contribution in [0.25, 0.3) is 0 Å². The number of anilines is 1. The fourth-order valence-electron chi connectivity index (χ4n) is 1.70. The molecule has 1 atom stereocenters. The molecule has 1 aromatic carbocycles. The molecule has 1 aromatic heterocycles. The molecule has 22 heavy (non-hydrogen) atoms. The number of nitrogens with one attached hydrogen (secondary N) is 3. The number of urea groups is 1. The molecule has 0 aliphatic heterocycles. The highest BCUT2D eigenvalue weighted by Crippen LogP contribution is 2.13. The van der Waals surface area contributed by atoms with Crippen molar-refractivity contribution in [2.24, 2.45) is 0 Å². The van der Waals surface area contributed by atoms with E-state index in [0.29, 0.717) is 16.5 Å². The Balaban J connectivity index is 1.77. The van der Waals surface area contributed by atoms with Crippen LogP contribution in [0, 0.1) is 0 Å². The van der Waals surface area contributed by atoms with Gasteiger partial charge in [0.25, 0.3) is 0 Å². The molecule has 6 nitrogen and oxygen atoms in total. The quantitative estimate of drug-likeness (QED) is 0.791. The van der Waals surface area contributed by atoms with Gasteiger partial charge in [-0.2, -0.15) is 0 Å². The van der Waals surface area contributed by atoms with E-state index in [1.165, 1.54) is 6.26 Å². The predicted octanol–water partition coefficient (Wildman–Crippen LogP) is 2.76. The second-order valence-corrected chi connectivity index (χ2v) is 5.06. The highest BCUT2D eigenvalue weighted by molar-refractivity contribution is 6.30. The van der Waals surface area contributed by atoms with Gasteiger partial charge in [-0.15, -0.1) is 0 Å². The fraction of sp³-hybridized carbons (Fsp3) is 0.200. The monoisotopic (exact) mass is 321 g/mol. The number of amides is 3. The summed E-state index contributed by atoms with van der Waals surface area (Å²) in [4.78, 5) is 23.6. The van der Waals surface area contributed by atoms with Crippen LogP contribution in [-0.2, 0) is 11.3 Å². The molecule has 0 fully saturated rings. The van der Waals surface area contributed by atoms with Crippen LogP contribution in [0.1, 0.15) is 12.7 Å². The van der Waals surface area contributed by atoms with Crippen LogP contribution >= 0.6 is 11.6 Å². The lowest BCUT2D eigenvalue weighted by molar-refractivity contribution is -0.122. The molecular formula is C15H16ClN3O3. The van der Waals surface area contributed by atoms with Crippen LogP contribution in [0.4, 0.5) is 10.5 Å². The van der Waals surface area contributed by atoms with E-state index in [4.69, 9.17) is 16.0 Å². The second kappa shape index (κ2) is 7.51. The number of hydrogen-bond acceptors (Lipinski definition) is 3. The molecule has 3 amide bonds. The first-order valence-electron chi connectivity index (χ1n) is 6.68. The van der Waals surface area contributed by atoms with Gasteiger partial charge < -0.3 is 20.4 Å². The second-order valence-electron chi connectivity index (χ2n) is 4.62. The first-order chi connectivity index (χ1) is 10.5. The van der Waals surface area contributed by atoms with E-state index in [2.05, 4.69) is 16.0 Å². The van der Waals surface area contributed by atoms with Gasteiger partial charge in [0.2, 0.25) is 5.91 Å². The summed E-state index contributed by atoms with van der Waals surface area (Å²) in [6.07, 6.45) is 1.53. The Morgan fingerprint density at radius 2 is 1.95 bits per heavy atom. The van der Waals surface area contributed by atoms with E-state index in [-0.39, 0.29) is 12.5 Å². The minimum Gasteiger partial charge on any atom is -0.467 e. The molecule has 0 aliphatic rings. The largest absolute Gasteiger partial charge is 0.467 e. The average molecular weight is 322 g/mol. The highest BCUT2D eigenvalue weighted by atomic mass is 35.5. The molecule has 0 bridgehead atoms. The Morgan fingerprint density at radius 3 is 2.59 bits per heavy atom. The van der Waals surface area contributed by atoms with Crippen molar-refractivity contribution in [2.45, 2.75) is 19.5 Å². The van der Waals surface area contributed by atoms with E-state index in [9.17, 15) is 9.59 Å². The molecule has 1 heterocycles. The van der Waals surface area contributed by atoms with Crippen molar-refractivity contribution in [3.05, 3.63) is 53.4 Å². The van der Waals surface area contributed by atoms with E-state index >= 15 is 0 Å². The summed E-state index contributed by atoms with van der Waals surface area (Å²) in [6.45, 7) is 1.87. The minimum atomic E-state index is -0.678. The molecule has 7 heteroatoms. The lowest BCUT2D eigenvalue weighted by Gasteiger charge is -2.14. The van der Waals surface area contributed by atoms with Crippen molar-refractivity contribution in [1.82, 2.24) is 10.6 Å². The Morgan fingerprint density at radius 1 is 1.23 bits per heavy atom. The SMILES string of the molecule is C[C@@H](NC(=O)Nc1ccc(Cl)cc1)C(=O)NCc1ccco1. The number of carbonyl (C=O) groups excluding carboxylic acids is 2. The summed E-state index contributed by atoms with van der Waals surface area (Å²) in [5.74, 6) is 0.342. The average Bonchev–Trinajstić information content (AvgIpc) is 3.00. The molecule has 0 saturated carbocycles. The Bertz CT molecular complexity index is 626. The van der Waals surface area contributed by atoms with Crippen LogP contribution in [0.2, 0.25) is 5.02 Å². The summed E-state index contributed by atoms with van der Waals surface area (Å²) < 4.78 is 5.11. The normalized spacial score (nSPS) is 11.5. The molecule has 0 saturated heterocycles. The Labute approximate surface area is 132 Å².